The summed E-state index contributed by atoms with van der Waals surface area (Å²) in [5.41, 5.74) is 3.09. The molecule has 2 aromatic heterocycles. The number of rotatable bonds is 3. The van der Waals surface area contributed by atoms with Gasteiger partial charge in [-0.15, -0.1) is 0 Å². The lowest BCUT2D eigenvalue weighted by molar-refractivity contribution is 1.03. The van der Waals surface area contributed by atoms with E-state index in [0.29, 0.717) is 0 Å². The molecule has 0 aliphatic heterocycles. The molecule has 15 heavy (non-hydrogen) atoms. The van der Waals surface area contributed by atoms with Crippen LogP contribution in [0, 0.1) is 6.92 Å². The van der Waals surface area contributed by atoms with Gasteiger partial charge in [0.25, 0.3) is 0 Å². The molecule has 0 saturated carbocycles. The monoisotopic (exact) mass is 199 g/mol. The van der Waals surface area contributed by atoms with Gasteiger partial charge in [-0.1, -0.05) is 6.07 Å². The molecule has 1 N–H and O–H groups in total. The molecule has 3 heteroatoms. The van der Waals surface area contributed by atoms with Crippen LogP contribution < -0.4 is 5.32 Å². The van der Waals surface area contributed by atoms with Crippen molar-refractivity contribution >= 4 is 5.69 Å². The number of nitrogens with zero attached hydrogens (tertiary/aromatic N) is 2. The minimum Gasteiger partial charge on any atom is -0.378 e. The van der Waals surface area contributed by atoms with Gasteiger partial charge in [-0.05, 0) is 31.2 Å². The van der Waals surface area contributed by atoms with Gasteiger partial charge >= 0.3 is 0 Å². The van der Waals surface area contributed by atoms with E-state index < -0.39 is 0 Å². The van der Waals surface area contributed by atoms with E-state index in [1.165, 1.54) is 0 Å². The summed E-state index contributed by atoms with van der Waals surface area (Å²) in [5, 5.41) is 3.30. The zero-order valence-electron chi connectivity index (χ0n) is 8.64. The van der Waals surface area contributed by atoms with E-state index in [4.69, 9.17) is 0 Å². The highest BCUT2D eigenvalue weighted by Gasteiger charge is 1.97. The van der Waals surface area contributed by atoms with Gasteiger partial charge in [-0.3, -0.25) is 9.97 Å². The Kier molecular flexibility index (Phi) is 2.93. The van der Waals surface area contributed by atoms with Gasteiger partial charge < -0.3 is 5.32 Å². The zero-order chi connectivity index (χ0) is 10.5. The van der Waals surface area contributed by atoms with Gasteiger partial charge in [0.05, 0.1) is 23.6 Å². The summed E-state index contributed by atoms with van der Waals surface area (Å²) >= 11 is 0. The highest BCUT2D eigenvalue weighted by Crippen LogP contribution is 2.11. The molecular formula is C12H13N3. The maximum absolute atomic E-state index is 4.24. The number of aromatic nitrogens is 2. The molecule has 0 aliphatic rings. The Bertz CT molecular complexity index is 426. The summed E-state index contributed by atoms with van der Waals surface area (Å²) in [4.78, 5) is 8.45. The molecule has 76 valence electrons. The standard InChI is InChI=1S/C12H13N3/c1-10-12(6-4-8-13-10)15-9-11-5-2-3-7-14-11/h2-8,15H,9H2,1H3. The lowest BCUT2D eigenvalue weighted by Gasteiger charge is -2.07. The van der Waals surface area contributed by atoms with Crippen molar-refractivity contribution < 1.29 is 0 Å². The molecule has 0 spiro atoms. The van der Waals surface area contributed by atoms with Crippen molar-refractivity contribution in [2.75, 3.05) is 5.32 Å². The van der Waals surface area contributed by atoms with Crippen LogP contribution in [0.5, 0.6) is 0 Å². The van der Waals surface area contributed by atoms with E-state index in [2.05, 4.69) is 15.3 Å². The molecule has 0 amide bonds. The fraction of sp³-hybridized carbons (Fsp3) is 0.167. The fourth-order valence-corrected chi connectivity index (χ4v) is 1.36. The minimum atomic E-state index is 0.730. The highest BCUT2D eigenvalue weighted by molar-refractivity contribution is 5.46. The molecule has 2 rings (SSSR count). The molecule has 0 bridgehead atoms. The molecule has 2 aromatic rings. The molecule has 0 aliphatic carbocycles. The van der Waals surface area contributed by atoms with Crippen LogP contribution in [-0.2, 0) is 6.54 Å². The maximum atomic E-state index is 4.24. The molecule has 0 saturated heterocycles. The maximum Gasteiger partial charge on any atom is 0.0603 e. The first-order valence-electron chi connectivity index (χ1n) is 4.91. The molecule has 0 unspecified atom stereocenters. The average Bonchev–Trinajstić information content (AvgIpc) is 2.29. The topological polar surface area (TPSA) is 37.8 Å². The third-order valence-electron chi connectivity index (χ3n) is 2.19. The van der Waals surface area contributed by atoms with Crippen LogP contribution in [0.1, 0.15) is 11.4 Å². The SMILES string of the molecule is Cc1ncccc1NCc1ccccn1. The summed E-state index contributed by atoms with van der Waals surface area (Å²) in [6.45, 7) is 2.72. The quantitative estimate of drug-likeness (QED) is 0.824. The van der Waals surface area contributed by atoms with Crippen LogP contribution in [0.4, 0.5) is 5.69 Å². The largest absolute Gasteiger partial charge is 0.378 e. The third kappa shape index (κ3) is 2.53. The normalized spacial score (nSPS) is 9.93. The van der Waals surface area contributed by atoms with Crippen molar-refractivity contribution in [2.45, 2.75) is 13.5 Å². The Hall–Kier alpha value is -1.90. The third-order valence-corrected chi connectivity index (χ3v) is 2.19. The van der Waals surface area contributed by atoms with Crippen molar-refractivity contribution in [3.05, 3.63) is 54.1 Å². The predicted molar refractivity (Wildman–Crippen MR) is 60.5 cm³/mol. The predicted octanol–water partition coefficient (Wildman–Crippen LogP) is 2.40. The van der Waals surface area contributed by atoms with Crippen LogP contribution in [0.3, 0.4) is 0 Å². The highest BCUT2D eigenvalue weighted by atomic mass is 14.9. The lowest BCUT2D eigenvalue weighted by Crippen LogP contribution is -2.03. The zero-order valence-corrected chi connectivity index (χ0v) is 8.64. The fourth-order valence-electron chi connectivity index (χ4n) is 1.36. The molecular weight excluding hydrogens is 186 g/mol. The van der Waals surface area contributed by atoms with Gasteiger partial charge in [0.1, 0.15) is 0 Å². The average molecular weight is 199 g/mol. The van der Waals surface area contributed by atoms with Crippen molar-refractivity contribution in [1.29, 1.82) is 0 Å². The number of pyridine rings is 2. The Morgan fingerprint density at radius 1 is 1.07 bits per heavy atom. The minimum absolute atomic E-state index is 0.730. The first-order chi connectivity index (χ1) is 7.36. The summed E-state index contributed by atoms with van der Waals surface area (Å²) in [7, 11) is 0. The Morgan fingerprint density at radius 2 is 1.93 bits per heavy atom. The van der Waals surface area contributed by atoms with E-state index >= 15 is 0 Å². The Morgan fingerprint density at radius 3 is 2.67 bits per heavy atom. The molecule has 0 atom stereocenters. The second-order valence-electron chi connectivity index (χ2n) is 3.31. The number of nitrogens with one attached hydrogen (secondary N) is 1. The van der Waals surface area contributed by atoms with E-state index in [1.54, 1.807) is 12.4 Å². The lowest BCUT2D eigenvalue weighted by atomic mass is 10.3. The number of anilines is 1. The van der Waals surface area contributed by atoms with Gasteiger partial charge in [0.2, 0.25) is 0 Å². The van der Waals surface area contributed by atoms with Crippen LogP contribution >= 0.6 is 0 Å². The first kappa shape index (κ1) is 9.65. The Balaban J connectivity index is 2.03. The second-order valence-corrected chi connectivity index (χ2v) is 3.31. The summed E-state index contributed by atoms with van der Waals surface area (Å²) in [6, 6.07) is 9.84. The van der Waals surface area contributed by atoms with E-state index in [1.807, 2.05) is 37.3 Å². The molecule has 2 heterocycles. The van der Waals surface area contributed by atoms with E-state index in [9.17, 15) is 0 Å². The van der Waals surface area contributed by atoms with Crippen molar-refractivity contribution in [3.8, 4) is 0 Å². The van der Waals surface area contributed by atoms with E-state index in [0.717, 1.165) is 23.6 Å². The summed E-state index contributed by atoms with van der Waals surface area (Å²) < 4.78 is 0. The molecule has 3 nitrogen and oxygen atoms in total. The van der Waals surface area contributed by atoms with Crippen LogP contribution in [0.15, 0.2) is 42.7 Å². The van der Waals surface area contributed by atoms with Crippen LogP contribution in [0.25, 0.3) is 0 Å². The van der Waals surface area contributed by atoms with Gasteiger partial charge in [-0.25, -0.2) is 0 Å². The number of aryl methyl sites for hydroxylation is 1. The van der Waals surface area contributed by atoms with Crippen molar-refractivity contribution in [3.63, 3.8) is 0 Å². The number of hydrogen-bond acceptors (Lipinski definition) is 3. The van der Waals surface area contributed by atoms with Crippen LogP contribution in [-0.4, -0.2) is 9.97 Å². The number of hydrogen-bond donors (Lipinski definition) is 1. The summed E-state index contributed by atoms with van der Waals surface area (Å²) in [5.74, 6) is 0. The van der Waals surface area contributed by atoms with Gasteiger partial charge in [0, 0.05) is 12.4 Å². The molecule has 0 aromatic carbocycles. The first-order valence-corrected chi connectivity index (χ1v) is 4.91. The van der Waals surface area contributed by atoms with Crippen molar-refractivity contribution in [1.82, 2.24) is 9.97 Å². The van der Waals surface area contributed by atoms with Gasteiger partial charge in [-0.2, -0.15) is 0 Å². The van der Waals surface area contributed by atoms with Crippen molar-refractivity contribution in [2.24, 2.45) is 0 Å². The molecule has 0 fully saturated rings. The molecule has 0 radical (unpaired) electrons. The van der Waals surface area contributed by atoms with E-state index in [-0.39, 0.29) is 0 Å². The van der Waals surface area contributed by atoms with Crippen LogP contribution in [0.2, 0.25) is 0 Å². The second kappa shape index (κ2) is 4.55. The smallest absolute Gasteiger partial charge is 0.0603 e. The van der Waals surface area contributed by atoms with Gasteiger partial charge in [0.15, 0.2) is 0 Å². The summed E-state index contributed by atoms with van der Waals surface area (Å²) in [6.07, 6.45) is 3.59. The Labute approximate surface area is 89.2 Å².